The maximum absolute atomic E-state index is 12.6. The third-order valence-corrected chi connectivity index (χ3v) is 6.62. The van der Waals surface area contributed by atoms with Crippen molar-refractivity contribution in [2.75, 3.05) is 16.4 Å². The molecular formula is C26H24N2O4S. The first-order chi connectivity index (χ1) is 16.0. The standard InChI is InChI=1S/C26H24N2O4S/c29-24(27-20-10-9-17-5-1-2-6-18(17)15-20)16-33-21-13-11-19(12-14-21)28-25(30)22-7-3-4-8-23(22)26(31)32/h1-6,9-15,22-23H,7-8,16H2,(H,27,29)(H,28,30)(H,31,32). The van der Waals surface area contributed by atoms with Crippen LogP contribution in [-0.4, -0.2) is 28.6 Å². The molecule has 0 saturated heterocycles. The van der Waals surface area contributed by atoms with Gasteiger partial charge in [-0.05, 0) is 60.0 Å². The molecule has 3 aromatic carbocycles. The number of hydrogen-bond acceptors (Lipinski definition) is 4. The second-order valence-corrected chi connectivity index (χ2v) is 8.96. The number of rotatable bonds is 7. The van der Waals surface area contributed by atoms with Gasteiger partial charge in [0.1, 0.15) is 0 Å². The van der Waals surface area contributed by atoms with Crippen LogP contribution >= 0.6 is 11.8 Å². The lowest BCUT2D eigenvalue weighted by Gasteiger charge is -2.24. The van der Waals surface area contributed by atoms with E-state index in [9.17, 15) is 19.5 Å². The summed E-state index contributed by atoms with van der Waals surface area (Å²) in [6.07, 6.45) is 4.45. The number of amides is 2. The smallest absolute Gasteiger partial charge is 0.307 e. The third kappa shape index (κ3) is 5.81. The maximum Gasteiger partial charge on any atom is 0.307 e. The van der Waals surface area contributed by atoms with Gasteiger partial charge in [-0.25, -0.2) is 0 Å². The van der Waals surface area contributed by atoms with E-state index in [0.29, 0.717) is 18.5 Å². The van der Waals surface area contributed by atoms with Gasteiger partial charge in [-0.1, -0.05) is 42.5 Å². The number of allylic oxidation sites excluding steroid dienone is 2. The molecule has 0 fully saturated rings. The highest BCUT2D eigenvalue weighted by atomic mass is 32.2. The first kappa shape index (κ1) is 22.6. The molecule has 2 unspecified atom stereocenters. The van der Waals surface area contributed by atoms with Crippen LogP contribution < -0.4 is 10.6 Å². The summed E-state index contributed by atoms with van der Waals surface area (Å²) in [7, 11) is 0. The summed E-state index contributed by atoms with van der Waals surface area (Å²) in [6.45, 7) is 0. The second-order valence-electron chi connectivity index (χ2n) is 7.91. The Morgan fingerprint density at radius 2 is 1.48 bits per heavy atom. The maximum atomic E-state index is 12.6. The van der Waals surface area contributed by atoms with Crippen molar-refractivity contribution >= 4 is 51.7 Å². The molecule has 0 spiro atoms. The Kier molecular flexibility index (Phi) is 7.10. The average molecular weight is 461 g/mol. The largest absolute Gasteiger partial charge is 0.481 e. The van der Waals surface area contributed by atoms with Crippen LogP contribution in [0.4, 0.5) is 11.4 Å². The Bertz CT molecular complexity index is 1210. The van der Waals surface area contributed by atoms with Crippen LogP contribution in [0, 0.1) is 11.8 Å². The van der Waals surface area contributed by atoms with Crippen LogP contribution in [0.15, 0.2) is 83.8 Å². The van der Waals surface area contributed by atoms with Gasteiger partial charge >= 0.3 is 5.97 Å². The minimum Gasteiger partial charge on any atom is -0.481 e. The number of carbonyl (C=O) groups is 3. The first-order valence-corrected chi connectivity index (χ1v) is 11.7. The zero-order valence-corrected chi connectivity index (χ0v) is 18.7. The van der Waals surface area contributed by atoms with Gasteiger partial charge < -0.3 is 15.7 Å². The number of aliphatic carboxylic acids is 1. The predicted molar refractivity (Wildman–Crippen MR) is 131 cm³/mol. The van der Waals surface area contributed by atoms with E-state index >= 15 is 0 Å². The van der Waals surface area contributed by atoms with E-state index in [1.54, 1.807) is 12.1 Å². The molecule has 3 N–H and O–H groups in total. The lowest BCUT2D eigenvalue weighted by Crippen LogP contribution is -2.34. The van der Waals surface area contributed by atoms with Crippen LogP contribution in [-0.2, 0) is 14.4 Å². The van der Waals surface area contributed by atoms with Crippen molar-refractivity contribution in [3.05, 3.63) is 78.9 Å². The fourth-order valence-electron chi connectivity index (χ4n) is 3.86. The highest BCUT2D eigenvalue weighted by molar-refractivity contribution is 8.00. The van der Waals surface area contributed by atoms with Crippen molar-refractivity contribution in [2.24, 2.45) is 11.8 Å². The van der Waals surface area contributed by atoms with Crippen molar-refractivity contribution in [1.82, 2.24) is 0 Å². The molecule has 168 valence electrons. The van der Waals surface area contributed by atoms with Gasteiger partial charge in [-0.2, -0.15) is 0 Å². The number of carbonyl (C=O) groups excluding carboxylic acids is 2. The SMILES string of the molecule is O=C(CSc1ccc(NC(=O)C2CC=CCC2C(=O)O)cc1)Nc1ccc2ccccc2c1. The van der Waals surface area contributed by atoms with E-state index < -0.39 is 17.8 Å². The Hall–Kier alpha value is -3.58. The molecule has 6 nitrogen and oxygen atoms in total. The second kappa shape index (κ2) is 10.4. The van der Waals surface area contributed by atoms with Crippen molar-refractivity contribution < 1.29 is 19.5 Å². The van der Waals surface area contributed by atoms with E-state index in [1.165, 1.54) is 11.8 Å². The van der Waals surface area contributed by atoms with E-state index in [4.69, 9.17) is 0 Å². The van der Waals surface area contributed by atoms with Crippen LogP contribution in [0.5, 0.6) is 0 Å². The normalized spacial score (nSPS) is 17.5. The van der Waals surface area contributed by atoms with Gasteiger partial charge in [0, 0.05) is 16.3 Å². The molecule has 0 aliphatic heterocycles. The fraction of sp³-hybridized carbons (Fsp3) is 0.192. The number of benzene rings is 3. The molecule has 1 aliphatic rings. The molecule has 3 aromatic rings. The molecule has 33 heavy (non-hydrogen) atoms. The van der Waals surface area contributed by atoms with Gasteiger partial charge in [-0.15, -0.1) is 11.8 Å². The minimum atomic E-state index is -0.951. The first-order valence-electron chi connectivity index (χ1n) is 10.7. The summed E-state index contributed by atoms with van der Waals surface area (Å²) in [5, 5.41) is 17.3. The van der Waals surface area contributed by atoms with Gasteiger partial charge in [0.05, 0.1) is 17.6 Å². The fourth-order valence-corrected chi connectivity index (χ4v) is 4.56. The molecule has 0 radical (unpaired) electrons. The zero-order valence-electron chi connectivity index (χ0n) is 17.9. The van der Waals surface area contributed by atoms with E-state index in [-0.39, 0.29) is 17.6 Å². The van der Waals surface area contributed by atoms with Gasteiger partial charge in [0.15, 0.2) is 0 Å². The number of hydrogen-bond donors (Lipinski definition) is 3. The number of carboxylic acids is 1. The van der Waals surface area contributed by atoms with Crippen molar-refractivity contribution in [1.29, 1.82) is 0 Å². The summed E-state index contributed by atoms with van der Waals surface area (Å²) < 4.78 is 0. The molecule has 7 heteroatoms. The zero-order chi connectivity index (χ0) is 23.2. The van der Waals surface area contributed by atoms with Crippen molar-refractivity contribution in [3.8, 4) is 0 Å². The molecule has 0 aromatic heterocycles. The van der Waals surface area contributed by atoms with Crippen LogP contribution in [0.25, 0.3) is 10.8 Å². The number of carboxylic acid groups (broad SMARTS) is 1. The van der Waals surface area contributed by atoms with Gasteiger partial charge in [0.2, 0.25) is 11.8 Å². The van der Waals surface area contributed by atoms with Gasteiger partial charge in [0.25, 0.3) is 0 Å². The highest BCUT2D eigenvalue weighted by Gasteiger charge is 2.33. The Morgan fingerprint density at radius 1 is 0.818 bits per heavy atom. The summed E-state index contributed by atoms with van der Waals surface area (Å²) >= 11 is 1.40. The lowest BCUT2D eigenvalue weighted by molar-refractivity contribution is -0.146. The minimum absolute atomic E-state index is 0.0993. The number of fused-ring (bicyclic) bond motifs is 1. The Morgan fingerprint density at radius 3 is 2.21 bits per heavy atom. The molecule has 4 rings (SSSR count). The monoisotopic (exact) mass is 460 g/mol. The summed E-state index contributed by atoms with van der Waals surface area (Å²) in [6, 6.07) is 21.0. The quantitative estimate of drug-likeness (QED) is 0.334. The Labute approximate surface area is 196 Å². The molecule has 0 bridgehead atoms. The average Bonchev–Trinajstić information content (AvgIpc) is 2.83. The lowest BCUT2D eigenvalue weighted by atomic mass is 9.82. The van der Waals surface area contributed by atoms with Crippen LogP contribution in [0.2, 0.25) is 0 Å². The number of nitrogens with one attached hydrogen (secondary N) is 2. The van der Waals surface area contributed by atoms with Gasteiger partial charge in [-0.3, -0.25) is 14.4 Å². The number of thioether (sulfide) groups is 1. The topological polar surface area (TPSA) is 95.5 Å². The molecule has 0 heterocycles. The highest BCUT2D eigenvalue weighted by Crippen LogP contribution is 2.28. The summed E-state index contributed by atoms with van der Waals surface area (Å²) in [5.74, 6) is -2.37. The molecule has 2 amide bonds. The summed E-state index contributed by atoms with van der Waals surface area (Å²) in [5.41, 5.74) is 1.36. The Balaban J connectivity index is 1.29. The van der Waals surface area contributed by atoms with Crippen molar-refractivity contribution in [3.63, 3.8) is 0 Å². The molecular weight excluding hydrogens is 436 g/mol. The van der Waals surface area contributed by atoms with Crippen LogP contribution in [0.3, 0.4) is 0 Å². The van der Waals surface area contributed by atoms with E-state index in [0.717, 1.165) is 21.4 Å². The molecule has 2 atom stereocenters. The van der Waals surface area contributed by atoms with Crippen molar-refractivity contribution in [2.45, 2.75) is 17.7 Å². The molecule has 1 aliphatic carbocycles. The molecule has 0 saturated carbocycles. The predicted octanol–water partition coefficient (Wildman–Crippen LogP) is 5.18. The summed E-state index contributed by atoms with van der Waals surface area (Å²) in [4.78, 5) is 37.2. The van der Waals surface area contributed by atoms with E-state index in [1.807, 2.05) is 66.7 Å². The third-order valence-electron chi connectivity index (χ3n) is 5.61. The van der Waals surface area contributed by atoms with Crippen LogP contribution in [0.1, 0.15) is 12.8 Å². The number of anilines is 2. The van der Waals surface area contributed by atoms with E-state index in [2.05, 4.69) is 10.6 Å².